The summed E-state index contributed by atoms with van der Waals surface area (Å²) in [7, 11) is 2.10. The molecule has 0 unspecified atom stereocenters. The lowest BCUT2D eigenvalue weighted by Crippen LogP contribution is -2.43. The van der Waals surface area contributed by atoms with Crippen LogP contribution in [0.1, 0.15) is 21.5 Å². The van der Waals surface area contributed by atoms with Crippen LogP contribution in [-0.2, 0) is 6.54 Å². The van der Waals surface area contributed by atoms with E-state index in [9.17, 15) is 9.90 Å². The number of benzene rings is 2. The second-order valence-electron chi connectivity index (χ2n) is 7.01. The van der Waals surface area contributed by atoms with Crippen molar-refractivity contribution in [1.82, 2.24) is 9.80 Å². The van der Waals surface area contributed by atoms with Gasteiger partial charge in [0.1, 0.15) is 11.5 Å². The maximum atomic E-state index is 12.7. The van der Waals surface area contributed by atoms with Gasteiger partial charge in [-0.3, -0.25) is 9.69 Å². The molecule has 0 saturated carbocycles. The topological polar surface area (TPSA) is 53.0 Å². The normalized spacial score (nSPS) is 19.3. The lowest BCUT2D eigenvalue weighted by Gasteiger charge is -2.32. The van der Waals surface area contributed by atoms with Crippen LogP contribution >= 0.6 is 11.6 Å². The molecule has 4 rings (SSSR count). The molecule has 2 heterocycles. The number of ketones is 1. The Morgan fingerprint density at radius 1 is 1.11 bits per heavy atom. The van der Waals surface area contributed by atoms with Crippen LogP contribution in [0.2, 0.25) is 5.02 Å². The van der Waals surface area contributed by atoms with Crippen molar-refractivity contribution in [2.75, 3.05) is 33.2 Å². The lowest BCUT2D eigenvalue weighted by atomic mass is 10.0. The molecule has 27 heavy (non-hydrogen) atoms. The number of nitrogens with zero attached hydrogens (tertiary/aromatic N) is 2. The summed E-state index contributed by atoms with van der Waals surface area (Å²) in [6.07, 6.45) is 1.70. The standard InChI is InChI=1S/C21H21ClN2O3/c1-23-8-10-24(11-9-23)13-17-18(25)7-6-16-20(26)19(27-21(16)17)12-14-2-4-15(22)5-3-14/h2-7,12,25H,8-11,13H2,1H3. The van der Waals surface area contributed by atoms with E-state index in [4.69, 9.17) is 16.3 Å². The number of aromatic hydroxyl groups is 1. The number of halogens is 1. The number of hydrogen-bond acceptors (Lipinski definition) is 5. The summed E-state index contributed by atoms with van der Waals surface area (Å²) in [6.45, 7) is 4.36. The van der Waals surface area contributed by atoms with Crippen LogP contribution in [0.4, 0.5) is 0 Å². The van der Waals surface area contributed by atoms with E-state index in [1.807, 2.05) is 12.1 Å². The van der Waals surface area contributed by atoms with Crippen LogP contribution in [0.3, 0.4) is 0 Å². The second-order valence-corrected chi connectivity index (χ2v) is 7.45. The second kappa shape index (κ2) is 7.35. The molecule has 6 heteroatoms. The number of Topliss-reactive ketones (excluding diaryl/α,β-unsaturated/α-hetero) is 1. The quantitative estimate of drug-likeness (QED) is 0.822. The Morgan fingerprint density at radius 3 is 2.52 bits per heavy atom. The minimum Gasteiger partial charge on any atom is -0.507 e. The number of likely N-dealkylation sites (N-methyl/N-ethyl adjacent to an activating group) is 1. The van der Waals surface area contributed by atoms with Gasteiger partial charge in [0.2, 0.25) is 5.78 Å². The Bertz CT molecular complexity index is 900. The Balaban J connectivity index is 1.61. The van der Waals surface area contributed by atoms with E-state index in [1.165, 1.54) is 0 Å². The number of carbonyl (C=O) groups is 1. The summed E-state index contributed by atoms with van der Waals surface area (Å²) >= 11 is 5.92. The van der Waals surface area contributed by atoms with E-state index >= 15 is 0 Å². The zero-order chi connectivity index (χ0) is 19.0. The summed E-state index contributed by atoms with van der Waals surface area (Å²) < 4.78 is 5.91. The first-order chi connectivity index (χ1) is 13.0. The number of carbonyl (C=O) groups excluding carboxylic acids is 1. The smallest absolute Gasteiger partial charge is 0.231 e. The molecule has 140 valence electrons. The van der Waals surface area contributed by atoms with Crippen LogP contribution in [0.15, 0.2) is 42.2 Å². The third kappa shape index (κ3) is 3.72. The van der Waals surface area contributed by atoms with Crippen molar-refractivity contribution in [3.63, 3.8) is 0 Å². The van der Waals surface area contributed by atoms with Gasteiger partial charge in [0.25, 0.3) is 0 Å². The van der Waals surface area contributed by atoms with Gasteiger partial charge in [-0.25, -0.2) is 0 Å². The van der Waals surface area contributed by atoms with E-state index in [2.05, 4.69) is 16.8 Å². The fourth-order valence-corrected chi connectivity index (χ4v) is 3.52. The van der Waals surface area contributed by atoms with E-state index in [1.54, 1.807) is 30.3 Å². The fourth-order valence-electron chi connectivity index (χ4n) is 3.39. The van der Waals surface area contributed by atoms with Crippen molar-refractivity contribution in [3.05, 3.63) is 63.9 Å². The Hall–Kier alpha value is -2.34. The van der Waals surface area contributed by atoms with E-state index < -0.39 is 0 Å². The molecule has 0 radical (unpaired) electrons. The molecular formula is C21H21ClN2O3. The van der Waals surface area contributed by atoms with Crippen molar-refractivity contribution in [2.24, 2.45) is 0 Å². The zero-order valence-electron chi connectivity index (χ0n) is 15.1. The van der Waals surface area contributed by atoms with Crippen molar-refractivity contribution < 1.29 is 14.6 Å². The number of ether oxygens (including phenoxy) is 1. The average Bonchev–Trinajstić information content (AvgIpc) is 2.97. The number of fused-ring (bicyclic) bond motifs is 1. The lowest BCUT2D eigenvalue weighted by molar-refractivity contribution is 0.101. The predicted molar refractivity (Wildman–Crippen MR) is 105 cm³/mol. The maximum Gasteiger partial charge on any atom is 0.231 e. The van der Waals surface area contributed by atoms with Gasteiger partial charge in [-0.1, -0.05) is 23.7 Å². The third-order valence-electron chi connectivity index (χ3n) is 5.06. The summed E-state index contributed by atoms with van der Waals surface area (Å²) in [5.74, 6) is 0.726. The van der Waals surface area contributed by atoms with Gasteiger partial charge in [0, 0.05) is 37.7 Å². The van der Waals surface area contributed by atoms with Gasteiger partial charge in [-0.15, -0.1) is 0 Å². The molecule has 0 atom stereocenters. The molecule has 1 fully saturated rings. The van der Waals surface area contributed by atoms with Crippen molar-refractivity contribution >= 4 is 23.5 Å². The Morgan fingerprint density at radius 2 is 1.81 bits per heavy atom. The zero-order valence-corrected chi connectivity index (χ0v) is 15.9. The molecule has 2 aromatic carbocycles. The van der Waals surface area contributed by atoms with E-state index in [-0.39, 0.29) is 17.3 Å². The molecule has 1 N–H and O–H groups in total. The summed E-state index contributed by atoms with van der Waals surface area (Å²) in [4.78, 5) is 17.3. The van der Waals surface area contributed by atoms with Crippen molar-refractivity contribution in [1.29, 1.82) is 0 Å². The minimum absolute atomic E-state index is 0.160. The highest BCUT2D eigenvalue weighted by Gasteiger charge is 2.32. The first-order valence-corrected chi connectivity index (χ1v) is 9.34. The van der Waals surface area contributed by atoms with Crippen LogP contribution in [0, 0.1) is 0 Å². The van der Waals surface area contributed by atoms with Crippen LogP contribution in [0.25, 0.3) is 6.08 Å². The van der Waals surface area contributed by atoms with Crippen molar-refractivity contribution in [3.8, 4) is 11.5 Å². The van der Waals surface area contributed by atoms with Crippen molar-refractivity contribution in [2.45, 2.75) is 6.54 Å². The van der Waals surface area contributed by atoms with Gasteiger partial charge >= 0.3 is 0 Å². The molecule has 2 aromatic rings. The number of piperazine rings is 1. The van der Waals surface area contributed by atoms with Gasteiger partial charge in [-0.05, 0) is 43.0 Å². The van der Waals surface area contributed by atoms with E-state index in [0.717, 1.165) is 31.7 Å². The predicted octanol–water partition coefficient (Wildman–Crippen LogP) is 3.41. The molecule has 2 aliphatic rings. The van der Waals surface area contributed by atoms with Crippen LogP contribution < -0.4 is 4.74 Å². The molecule has 0 amide bonds. The highest BCUT2D eigenvalue weighted by Crippen LogP contribution is 2.40. The molecule has 5 nitrogen and oxygen atoms in total. The first kappa shape index (κ1) is 18.0. The number of rotatable bonds is 3. The summed E-state index contributed by atoms with van der Waals surface area (Å²) in [5.41, 5.74) is 2.00. The SMILES string of the molecule is CN1CCN(Cc2c(O)ccc3c2OC(=Cc2ccc(Cl)cc2)C3=O)CC1. The molecule has 0 spiro atoms. The Labute approximate surface area is 163 Å². The van der Waals surface area contributed by atoms with Gasteiger partial charge < -0.3 is 14.7 Å². The number of phenolic OH excluding ortho intramolecular Hbond substituents is 1. The van der Waals surface area contributed by atoms with Gasteiger partial charge in [-0.2, -0.15) is 0 Å². The Kier molecular flexibility index (Phi) is 4.91. The minimum atomic E-state index is -0.167. The maximum absolute atomic E-state index is 12.7. The highest BCUT2D eigenvalue weighted by atomic mass is 35.5. The number of allylic oxidation sites excluding steroid dienone is 1. The highest BCUT2D eigenvalue weighted by molar-refractivity contribution is 6.30. The average molecular weight is 385 g/mol. The molecule has 1 saturated heterocycles. The molecule has 0 aliphatic carbocycles. The molecule has 0 bridgehead atoms. The fraction of sp³-hybridized carbons (Fsp3) is 0.286. The molecule has 0 aromatic heterocycles. The largest absolute Gasteiger partial charge is 0.507 e. The van der Waals surface area contributed by atoms with Crippen LogP contribution in [-0.4, -0.2) is 53.9 Å². The van der Waals surface area contributed by atoms with Gasteiger partial charge in [0.15, 0.2) is 5.76 Å². The number of phenols is 1. The summed E-state index contributed by atoms with van der Waals surface area (Å²) in [5, 5.41) is 11.0. The first-order valence-electron chi connectivity index (χ1n) is 8.97. The third-order valence-corrected chi connectivity index (χ3v) is 5.31. The van der Waals surface area contributed by atoms with Crippen LogP contribution in [0.5, 0.6) is 11.5 Å². The monoisotopic (exact) mass is 384 g/mol. The van der Waals surface area contributed by atoms with Gasteiger partial charge in [0.05, 0.1) is 11.1 Å². The summed E-state index contributed by atoms with van der Waals surface area (Å²) in [6, 6.07) is 10.4. The molecular weight excluding hydrogens is 364 g/mol. The number of hydrogen-bond donors (Lipinski definition) is 1. The van der Waals surface area contributed by atoms with E-state index in [0.29, 0.717) is 28.4 Å². The molecule has 2 aliphatic heterocycles.